The van der Waals surface area contributed by atoms with Gasteiger partial charge in [0, 0.05) is 34.2 Å². The first-order chi connectivity index (χ1) is 25.9. The van der Waals surface area contributed by atoms with Crippen LogP contribution >= 0.6 is 0 Å². The molecule has 1 fully saturated rings. The van der Waals surface area contributed by atoms with Crippen LogP contribution in [0.4, 0.5) is 9.59 Å². The highest BCUT2D eigenvalue weighted by atomic mass is 16.6. The van der Waals surface area contributed by atoms with Crippen LogP contribution in [0.3, 0.4) is 0 Å². The minimum Gasteiger partial charge on any atom is -0.457 e. The van der Waals surface area contributed by atoms with Crippen LogP contribution in [0.1, 0.15) is 114 Å². The highest BCUT2D eigenvalue weighted by molar-refractivity contribution is 5.71. The van der Waals surface area contributed by atoms with Gasteiger partial charge in [-0.05, 0) is 69.9 Å². The van der Waals surface area contributed by atoms with E-state index in [1.807, 2.05) is 75.5 Å². The smallest absolute Gasteiger partial charge is 0.410 e. The first kappa shape index (κ1) is 36.8. The molecular formula is C43H50N6O5. The molecule has 54 heavy (non-hydrogen) atoms. The molecule has 11 nitrogen and oxygen atoms in total. The number of amides is 2. The number of unbranched alkanes of at least 4 members (excludes halogenated alkanes) is 1. The van der Waals surface area contributed by atoms with Crippen LogP contribution in [0, 0.1) is 0 Å². The Balaban J connectivity index is 1.07. The van der Waals surface area contributed by atoms with Crippen LogP contribution in [0.15, 0.2) is 79.1 Å². The van der Waals surface area contributed by atoms with Crippen LogP contribution in [0.5, 0.6) is 11.5 Å². The maximum absolute atomic E-state index is 12.9. The summed E-state index contributed by atoms with van der Waals surface area (Å²) in [6.45, 7) is 13.0. The van der Waals surface area contributed by atoms with E-state index in [9.17, 15) is 9.59 Å². The van der Waals surface area contributed by atoms with Crippen LogP contribution in [-0.2, 0) is 21.5 Å². The number of nitrogens with zero attached hydrogens (tertiary/aromatic N) is 3. The van der Waals surface area contributed by atoms with Crippen molar-refractivity contribution >= 4 is 12.2 Å². The first-order valence-corrected chi connectivity index (χ1v) is 18.9. The summed E-state index contributed by atoms with van der Waals surface area (Å²) in [4.78, 5) is 43.9. The number of likely N-dealkylation sites (tertiary alicyclic amines) is 1. The van der Waals surface area contributed by atoms with Gasteiger partial charge in [0.2, 0.25) is 0 Å². The summed E-state index contributed by atoms with van der Waals surface area (Å²) in [7, 11) is 0. The van der Waals surface area contributed by atoms with Gasteiger partial charge < -0.3 is 29.5 Å². The number of alkyl carbamates (subject to hydrolysis) is 1. The topological polar surface area (TPSA) is 134 Å². The van der Waals surface area contributed by atoms with E-state index in [-0.39, 0.29) is 30.2 Å². The van der Waals surface area contributed by atoms with Gasteiger partial charge in [0.1, 0.15) is 35.4 Å². The Labute approximate surface area is 316 Å². The number of benzene rings is 3. The van der Waals surface area contributed by atoms with Crippen LogP contribution in [0.25, 0.3) is 22.6 Å². The molecule has 7 rings (SSSR count). The molecular weight excluding hydrogens is 681 g/mol. The lowest BCUT2D eigenvalue weighted by Gasteiger charge is -2.35. The van der Waals surface area contributed by atoms with Crippen molar-refractivity contribution in [2.24, 2.45) is 0 Å². The van der Waals surface area contributed by atoms with Crippen LogP contribution in [0.2, 0.25) is 0 Å². The Morgan fingerprint density at radius 2 is 1.78 bits per heavy atom. The van der Waals surface area contributed by atoms with Gasteiger partial charge in [-0.1, -0.05) is 76.1 Å². The Bertz CT molecular complexity index is 2110. The molecule has 3 aromatic carbocycles. The monoisotopic (exact) mass is 730 g/mol. The summed E-state index contributed by atoms with van der Waals surface area (Å²) in [5.41, 5.74) is 5.74. The molecule has 0 bridgehead atoms. The number of hydrogen-bond acceptors (Lipinski definition) is 7. The maximum atomic E-state index is 12.9. The van der Waals surface area contributed by atoms with Gasteiger partial charge in [0.15, 0.2) is 0 Å². The lowest BCUT2D eigenvalue weighted by molar-refractivity contribution is 0.0221. The average molecular weight is 731 g/mol. The third-order valence-electron chi connectivity index (χ3n) is 10.2. The molecule has 2 aliphatic heterocycles. The molecule has 5 aromatic rings. The Morgan fingerprint density at radius 1 is 0.981 bits per heavy atom. The Kier molecular flexibility index (Phi) is 10.2. The SMILES string of the molecule is CCCC[C@H](NC(=O)OCc1ccccc1)c1ncc(-c2ccc3c(c2)Oc2ccc(-c4ncc([C@@H]5CCCN5C(=O)OC(C)(C)C)[nH]4)cc2C3(C)C)[nH]1. The standard InChI is InChI=1S/C43H50N6O5/c1-7-8-15-32(48-40(50)52-26-27-13-10-9-11-14-27)39-45-24-33(46-39)28-17-19-30-37(23-28)53-36-20-18-29(22-31(36)43(30,5)6)38-44-25-34(47-38)35-16-12-21-49(35)41(51)54-42(2,3)4/h9-11,13-14,17-20,22-25,32,35H,7-8,12,15-16,21,26H2,1-6H3,(H,44,47)(H,45,46)(H,48,50)/t32-,35-/m0/s1. The van der Waals surface area contributed by atoms with Gasteiger partial charge >= 0.3 is 12.2 Å². The third-order valence-corrected chi connectivity index (χ3v) is 10.2. The predicted octanol–water partition coefficient (Wildman–Crippen LogP) is 10.1. The van der Waals surface area contributed by atoms with Crippen molar-refractivity contribution in [1.29, 1.82) is 0 Å². The molecule has 1 saturated heterocycles. The summed E-state index contributed by atoms with van der Waals surface area (Å²) in [6.07, 6.45) is 7.27. The number of nitrogens with one attached hydrogen (secondary N) is 3. The minimum absolute atomic E-state index is 0.106. The number of carbonyl (C=O) groups is 2. The van der Waals surface area contributed by atoms with Crippen molar-refractivity contribution in [2.45, 2.75) is 103 Å². The van der Waals surface area contributed by atoms with Gasteiger partial charge in [0.05, 0.1) is 35.9 Å². The third kappa shape index (κ3) is 7.85. The Hall–Kier alpha value is -5.58. The van der Waals surface area contributed by atoms with Crippen molar-refractivity contribution in [3.63, 3.8) is 0 Å². The summed E-state index contributed by atoms with van der Waals surface area (Å²) in [5, 5.41) is 3.01. The van der Waals surface area contributed by atoms with E-state index in [2.05, 4.69) is 59.2 Å². The molecule has 0 aliphatic carbocycles. The summed E-state index contributed by atoms with van der Waals surface area (Å²) >= 11 is 0. The zero-order valence-corrected chi connectivity index (χ0v) is 32.0. The fourth-order valence-corrected chi connectivity index (χ4v) is 7.34. The second-order valence-corrected chi connectivity index (χ2v) is 15.8. The predicted molar refractivity (Wildman–Crippen MR) is 207 cm³/mol. The van der Waals surface area contributed by atoms with E-state index in [4.69, 9.17) is 19.2 Å². The highest BCUT2D eigenvalue weighted by Crippen LogP contribution is 2.49. The maximum Gasteiger partial charge on any atom is 0.410 e. The summed E-state index contributed by atoms with van der Waals surface area (Å²) < 4.78 is 17.8. The van der Waals surface area contributed by atoms with Gasteiger partial charge in [-0.2, -0.15) is 0 Å². The fraction of sp³-hybridized carbons (Fsp3) is 0.395. The number of fused-ring (bicyclic) bond motifs is 2. The van der Waals surface area contributed by atoms with Gasteiger partial charge in [-0.3, -0.25) is 4.90 Å². The Morgan fingerprint density at radius 3 is 2.56 bits per heavy atom. The number of H-pyrrole nitrogens is 2. The van der Waals surface area contributed by atoms with E-state index in [0.29, 0.717) is 12.4 Å². The molecule has 2 aliphatic rings. The highest BCUT2D eigenvalue weighted by Gasteiger charge is 2.36. The lowest BCUT2D eigenvalue weighted by atomic mass is 9.75. The molecule has 282 valence electrons. The molecule has 11 heteroatoms. The van der Waals surface area contributed by atoms with Gasteiger partial charge in [0.25, 0.3) is 0 Å². The first-order valence-electron chi connectivity index (χ1n) is 18.9. The number of hydrogen-bond donors (Lipinski definition) is 3. The number of aromatic nitrogens is 4. The molecule has 2 atom stereocenters. The van der Waals surface area contributed by atoms with E-state index in [0.717, 1.165) is 88.6 Å². The van der Waals surface area contributed by atoms with E-state index < -0.39 is 11.7 Å². The van der Waals surface area contributed by atoms with E-state index >= 15 is 0 Å². The second-order valence-electron chi connectivity index (χ2n) is 15.8. The molecule has 4 heterocycles. The zero-order valence-electron chi connectivity index (χ0n) is 32.0. The average Bonchev–Trinajstić information content (AvgIpc) is 3.94. The van der Waals surface area contributed by atoms with E-state index in [1.54, 1.807) is 11.1 Å². The molecule has 0 unspecified atom stereocenters. The number of aromatic amines is 2. The van der Waals surface area contributed by atoms with E-state index in [1.165, 1.54) is 0 Å². The molecule has 2 amide bonds. The normalized spacial score (nSPS) is 16.6. The van der Waals surface area contributed by atoms with Crippen molar-refractivity contribution in [3.05, 3.63) is 107 Å². The molecule has 0 saturated carbocycles. The second kappa shape index (κ2) is 15.0. The van der Waals surface area contributed by atoms with Gasteiger partial charge in [-0.25, -0.2) is 19.6 Å². The number of imidazole rings is 2. The zero-order chi connectivity index (χ0) is 38.0. The summed E-state index contributed by atoms with van der Waals surface area (Å²) in [5.74, 6) is 2.99. The molecule has 0 spiro atoms. The fourth-order valence-electron chi connectivity index (χ4n) is 7.34. The lowest BCUT2D eigenvalue weighted by Crippen LogP contribution is -2.36. The van der Waals surface area contributed by atoms with Crippen molar-refractivity contribution in [1.82, 2.24) is 30.2 Å². The molecule has 2 aromatic heterocycles. The minimum atomic E-state index is -0.554. The van der Waals surface area contributed by atoms with Gasteiger partial charge in [-0.15, -0.1) is 0 Å². The quantitative estimate of drug-likeness (QED) is 0.130. The van der Waals surface area contributed by atoms with Crippen LogP contribution in [-0.4, -0.2) is 49.2 Å². The van der Waals surface area contributed by atoms with Crippen LogP contribution < -0.4 is 10.1 Å². The number of ether oxygens (including phenoxy) is 3. The van der Waals surface area contributed by atoms with Crippen molar-refractivity contribution in [3.8, 4) is 34.1 Å². The van der Waals surface area contributed by atoms with Crippen molar-refractivity contribution < 1.29 is 23.8 Å². The molecule has 3 N–H and O–H groups in total. The summed E-state index contributed by atoms with van der Waals surface area (Å²) in [6, 6.07) is 21.6. The number of carbonyl (C=O) groups excluding carboxylic acids is 2. The van der Waals surface area contributed by atoms with Crippen molar-refractivity contribution in [2.75, 3.05) is 6.54 Å². The molecule has 0 radical (unpaired) electrons. The number of rotatable bonds is 10. The largest absolute Gasteiger partial charge is 0.457 e.